The monoisotopic (exact) mass is 331 g/mol. The molecule has 0 unspecified atom stereocenters. The van der Waals surface area contributed by atoms with Crippen molar-refractivity contribution in [3.05, 3.63) is 18.5 Å². The van der Waals surface area contributed by atoms with Crippen LogP contribution in [0.3, 0.4) is 0 Å². The van der Waals surface area contributed by atoms with Crippen LogP contribution in [0.1, 0.15) is 39.0 Å². The topological polar surface area (TPSA) is 61.4 Å². The minimum absolute atomic E-state index is 0.126. The van der Waals surface area contributed by atoms with Crippen molar-refractivity contribution < 1.29 is 4.79 Å². The molecular formula is C18H29N5O. The Balaban J connectivity index is 1.71. The van der Waals surface area contributed by atoms with E-state index < -0.39 is 0 Å². The fraction of sp³-hybridized carbons (Fsp3) is 0.722. The van der Waals surface area contributed by atoms with Gasteiger partial charge in [-0.3, -0.25) is 4.79 Å². The Bertz CT molecular complexity index is 537. The SMILES string of the molecule is CCN(C)CCNC(=O)[C@@H]1C[C@H]2CCCC[C@@H]2N1c1ncccn1. The fourth-order valence-electron chi connectivity index (χ4n) is 4.05. The molecule has 1 aromatic heterocycles. The van der Waals surface area contributed by atoms with Crippen LogP contribution in [0.5, 0.6) is 0 Å². The van der Waals surface area contributed by atoms with Gasteiger partial charge in [-0.15, -0.1) is 0 Å². The molecule has 3 atom stereocenters. The Morgan fingerprint density at radius 1 is 1.33 bits per heavy atom. The quantitative estimate of drug-likeness (QED) is 0.859. The van der Waals surface area contributed by atoms with Crippen LogP contribution in [0.25, 0.3) is 0 Å². The molecule has 0 radical (unpaired) electrons. The second kappa shape index (κ2) is 7.92. The van der Waals surface area contributed by atoms with E-state index in [1.807, 2.05) is 6.07 Å². The number of anilines is 1. The Hall–Kier alpha value is -1.69. The van der Waals surface area contributed by atoms with Gasteiger partial charge in [0.25, 0.3) is 0 Å². The Kier molecular flexibility index (Phi) is 5.66. The number of likely N-dealkylation sites (N-methyl/N-ethyl adjacent to an activating group) is 1. The zero-order valence-corrected chi connectivity index (χ0v) is 14.8. The summed E-state index contributed by atoms with van der Waals surface area (Å²) in [6.07, 6.45) is 9.34. The van der Waals surface area contributed by atoms with Crippen molar-refractivity contribution in [3.63, 3.8) is 0 Å². The molecule has 1 aliphatic carbocycles. The van der Waals surface area contributed by atoms with E-state index in [-0.39, 0.29) is 11.9 Å². The highest BCUT2D eigenvalue weighted by atomic mass is 16.2. The highest BCUT2D eigenvalue weighted by Gasteiger charge is 2.46. The van der Waals surface area contributed by atoms with Gasteiger partial charge in [-0.1, -0.05) is 19.8 Å². The van der Waals surface area contributed by atoms with Crippen LogP contribution in [-0.4, -0.2) is 59.5 Å². The molecule has 132 valence electrons. The lowest BCUT2D eigenvalue weighted by Crippen LogP contribution is -2.48. The van der Waals surface area contributed by atoms with Crippen LogP contribution in [-0.2, 0) is 4.79 Å². The van der Waals surface area contributed by atoms with Gasteiger partial charge in [-0.2, -0.15) is 0 Å². The standard InChI is InChI=1S/C18H29N5O/c1-3-22(2)12-11-19-17(24)16-13-14-7-4-5-8-15(14)23(16)18-20-9-6-10-21-18/h6,9-10,14-16H,3-5,7-8,11-13H2,1-2H3,(H,19,24)/t14-,15+,16+/m1/s1. The highest BCUT2D eigenvalue weighted by molar-refractivity contribution is 5.85. The molecule has 0 spiro atoms. The molecule has 0 bridgehead atoms. The van der Waals surface area contributed by atoms with E-state index in [1.54, 1.807) is 12.4 Å². The zero-order valence-electron chi connectivity index (χ0n) is 14.8. The number of hydrogen-bond donors (Lipinski definition) is 1. The van der Waals surface area contributed by atoms with Crippen molar-refractivity contribution in [2.24, 2.45) is 5.92 Å². The van der Waals surface area contributed by atoms with Crippen molar-refractivity contribution in [2.45, 2.75) is 51.1 Å². The number of nitrogens with one attached hydrogen (secondary N) is 1. The third-order valence-electron chi connectivity index (χ3n) is 5.51. The maximum absolute atomic E-state index is 12.8. The van der Waals surface area contributed by atoms with Gasteiger partial charge in [0.15, 0.2) is 0 Å². The van der Waals surface area contributed by atoms with Gasteiger partial charge in [0, 0.05) is 31.5 Å². The molecule has 1 saturated carbocycles. The number of rotatable bonds is 6. The van der Waals surface area contributed by atoms with Gasteiger partial charge < -0.3 is 15.1 Å². The van der Waals surface area contributed by atoms with Crippen molar-refractivity contribution in [1.82, 2.24) is 20.2 Å². The summed E-state index contributed by atoms with van der Waals surface area (Å²) in [5.74, 6) is 1.43. The van der Waals surface area contributed by atoms with E-state index in [0.29, 0.717) is 24.5 Å². The lowest BCUT2D eigenvalue weighted by molar-refractivity contribution is -0.122. The van der Waals surface area contributed by atoms with Gasteiger partial charge in [-0.05, 0) is 44.8 Å². The molecule has 2 heterocycles. The lowest BCUT2D eigenvalue weighted by Gasteiger charge is -2.33. The Morgan fingerprint density at radius 2 is 2.08 bits per heavy atom. The van der Waals surface area contributed by atoms with Crippen LogP contribution in [0, 0.1) is 5.92 Å². The summed E-state index contributed by atoms with van der Waals surface area (Å²) < 4.78 is 0. The summed E-state index contributed by atoms with van der Waals surface area (Å²) in [5.41, 5.74) is 0. The summed E-state index contributed by atoms with van der Waals surface area (Å²) in [6, 6.07) is 2.11. The second-order valence-corrected chi connectivity index (χ2v) is 7.01. The number of carbonyl (C=O) groups is 1. The summed E-state index contributed by atoms with van der Waals surface area (Å²) in [7, 11) is 2.07. The molecule has 0 aromatic carbocycles. The van der Waals surface area contributed by atoms with Gasteiger partial charge in [-0.25, -0.2) is 9.97 Å². The Labute approximate surface area is 144 Å². The van der Waals surface area contributed by atoms with E-state index in [0.717, 1.165) is 25.9 Å². The minimum Gasteiger partial charge on any atom is -0.353 e. The number of fused-ring (bicyclic) bond motifs is 1. The average Bonchev–Trinajstić information content (AvgIpc) is 3.01. The van der Waals surface area contributed by atoms with Crippen LogP contribution in [0.2, 0.25) is 0 Å². The second-order valence-electron chi connectivity index (χ2n) is 7.01. The van der Waals surface area contributed by atoms with E-state index in [4.69, 9.17) is 0 Å². The first kappa shape index (κ1) is 17.1. The molecule has 6 nitrogen and oxygen atoms in total. The molecule has 1 aromatic rings. The Morgan fingerprint density at radius 3 is 2.83 bits per heavy atom. The maximum atomic E-state index is 12.8. The summed E-state index contributed by atoms with van der Waals surface area (Å²) in [6.45, 7) is 4.69. The van der Waals surface area contributed by atoms with Crippen LogP contribution >= 0.6 is 0 Å². The molecule has 6 heteroatoms. The number of aromatic nitrogens is 2. The summed E-state index contributed by atoms with van der Waals surface area (Å²) >= 11 is 0. The summed E-state index contributed by atoms with van der Waals surface area (Å²) in [5, 5.41) is 3.12. The van der Waals surface area contributed by atoms with Gasteiger partial charge in [0.1, 0.15) is 6.04 Å². The molecule has 1 aliphatic heterocycles. The van der Waals surface area contributed by atoms with E-state index in [1.165, 1.54) is 19.3 Å². The first-order valence-electron chi connectivity index (χ1n) is 9.22. The van der Waals surface area contributed by atoms with Gasteiger partial charge in [0.05, 0.1) is 0 Å². The van der Waals surface area contributed by atoms with E-state index in [2.05, 4.69) is 39.1 Å². The predicted octanol–water partition coefficient (Wildman–Crippen LogP) is 1.68. The van der Waals surface area contributed by atoms with Gasteiger partial charge in [0.2, 0.25) is 11.9 Å². The fourth-order valence-corrected chi connectivity index (χ4v) is 4.05. The minimum atomic E-state index is -0.132. The molecule has 2 aliphatic rings. The molecule has 1 amide bonds. The first-order chi connectivity index (χ1) is 11.7. The third-order valence-corrected chi connectivity index (χ3v) is 5.51. The molecular weight excluding hydrogens is 302 g/mol. The van der Waals surface area contributed by atoms with Crippen molar-refractivity contribution >= 4 is 11.9 Å². The van der Waals surface area contributed by atoms with E-state index in [9.17, 15) is 4.79 Å². The number of amides is 1. The number of hydrogen-bond acceptors (Lipinski definition) is 5. The van der Waals surface area contributed by atoms with Crippen LogP contribution in [0.15, 0.2) is 18.5 Å². The number of carbonyl (C=O) groups excluding carboxylic acids is 1. The van der Waals surface area contributed by atoms with Crippen molar-refractivity contribution in [2.75, 3.05) is 31.6 Å². The first-order valence-corrected chi connectivity index (χ1v) is 9.22. The zero-order chi connectivity index (χ0) is 16.9. The third kappa shape index (κ3) is 3.69. The molecule has 2 fully saturated rings. The van der Waals surface area contributed by atoms with Crippen LogP contribution < -0.4 is 10.2 Å². The smallest absolute Gasteiger partial charge is 0.242 e. The normalized spacial score (nSPS) is 26.5. The predicted molar refractivity (Wildman–Crippen MR) is 94.8 cm³/mol. The molecule has 1 N–H and O–H groups in total. The highest BCUT2D eigenvalue weighted by Crippen LogP contribution is 2.41. The number of nitrogens with zero attached hydrogens (tertiary/aromatic N) is 4. The van der Waals surface area contributed by atoms with Crippen molar-refractivity contribution in [3.8, 4) is 0 Å². The lowest BCUT2D eigenvalue weighted by atomic mass is 9.85. The molecule has 3 rings (SSSR count). The molecule has 1 saturated heterocycles. The van der Waals surface area contributed by atoms with Gasteiger partial charge >= 0.3 is 0 Å². The largest absolute Gasteiger partial charge is 0.353 e. The maximum Gasteiger partial charge on any atom is 0.242 e. The average molecular weight is 331 g/mol. The molecule has 24 heavy (non-hydrogen) atoms. The summed E-state index contributed by atoms with van der Waals surface area (Å²) in [4.78, 5) is 26.1. The van der Waals surface area contributed by atoms with Crippen LogP contribution in [0.4, 0.5) is 5.95 Å². The van der Waals surface area contributed by atoms with E-state index >= 15 is 0 Å². The van der Waals surface area contributed by atoms with Crippen molar-refractivity contribution in [1.29, 1.82) is 0 Å².